The van der Waals surface area contributed by atoms with Gasteiger partial charge in [0.25, 0.3) is 0 Å². The molecule has 0 aliphatic rings. The number of hydrogen-bond acceptors (Lipinski definition) is 2. The predicted octanol–water partition coefficient (Wildman–Crippen LogP) is 5.08. The zero-order valence-electron chi connectivity index (χ0n) is 10.5. The van der Waals surface area contributed by atoms with Crippen LogP contribution in [-0.4, -0.2) is 5.11 Å². The summed E-state index contributed by atoms with van der Waals surface area (Å²) in [6, 6.07) is 14.5. The third-order valence-corrected chi connectivity index (χ3v) is 4.85. The molecule has 0 aliphatic carbocycles. The SMILES string of the molecule is OC(Cc1cccc(Br)c1)c1cc2cc(F)ccc2s1. The van der Waals surface area contributed by atoms with Gasteiger partial charge in [0.1, 0.15) is 5.82 Å². The van der Waals surface area contributed by atoms with Crippen LogP contribution >= 0.6 is 27.3 Å². The first-order chi connectivity index (χ1) is 9.61. The Morgan fingerprint density at radius 2 is 2.00 bits per heavy atom. The molecule has 0 saturated carbocycles. The minimum absolute atomic E-state index is 0.247. The zero-order chi connectivity index (χ0) is 14.1. The quantitative estimate of drug-likeness (QED) is 0.698. The summed E-state index contributed by atoms with van der Waals surface area (Å²) in [6.07, 6.45) is -0.0147. The molecule has 3 rings (SSSR count). The van der Waals surface area contributed by atoms with Gasteiger partial charge in [-0.1, -0.05) is 28.1 Å². The van der Waals surface area contributed by atoms with Crippen molar-refractivity contribution in [2.24, 2.45) is 0 Å². The summed E-state index contributed by atoms with van der Waals surface area (Å²) in [5, 5.41) is 11.2. The van der Waals surface area contributed by atoms with Gasteiger partial charge in [-0.3, -0.25) is 0 Å². The molecular formula is C16H12BrFOS. The van der Waals surface area contributed by atoms with Crippen molar-refractivity contribution in [3.63, 3.8) is 0 Å². The summed E-state index contributed by atoms with van der Waals surface area (Å²) >= 11 is 4.93. The van der Waals surface area contributed by atoms with E-state index in [1.165, 1.54) is 23.5 Å². The molecule has 0 aliphatic heterocycles. The van der Waals surface area contributed by atoms with Crippen molar-refractivity contribution in [3.8, 4) is 0 Å². The molecule has 0 fully saturated rings. The van der Waals surface area contributed by atoms with Crippen LogP contribution in [0.15, 0.2) is 53.0 Å². The summed E-state index contributed by atoms with van der Waals surface area (Å²) in [6.45, 7) is 0. The number of aliphatic hydroxyl groups is 1. The molecular weight excluding hydrogens is 339 g/mol. The lowest BCUT2D eigenvalue weighted by Crippen LogP contribution is -1.99. The van der Waals surface area contributed by atoms with E-state index in [4.69, 9.17) is 0 Å². The van der Waals surface area contributed by atoms with Gasteiger partial charge in [0.15, 0.2) is 0 Å². The van der Waals surface area contributed by atoms with E-state index in [9.17, 15) is 9.50 Å². The highest BCUT2D eigenvalue weighted by Crippen LogP contribution is 2.32. The third kappa shape index (κ3) is 2.92. The number of aliphatic hydroxyl groups excluding tert-OH is 1. The Morgan fingerprint density at radius 3 is 2.80 bits per heavy atom. The molecule has 0 amide bonds. The molecule has 102 valence electrons. The van der Waals surface area contributed by atoms with Gasteiger partial charge in [-0.2, -0.15) is 0 Å². The Kier molecular flexibility index (Phi) is 3.87. The fraction of sp³-hybridized carbons (Fsp3) is 0.125. The molecule has 1 aromatic heterocycles. The average molecular weight is 351 g/mol. The van der Waals surface area contributed by atoms with Gasteiger partial charge in [-0.05, 0) is 47.3 Å². The highest BCUT2D eigenvalue weighted by molar-refractivity contribution is 9.10. The Bertz CT molecular complexity index is 753. The minimum Gasteiger partial charge on any atom is -0.387 e. The topological polar surface area (TPSA) is 20.2 Å². The largest absolute Gasteiger partial charge is 0.387 e. The molecule has 3 aromatic rings. The number of rotatable bonds is 3. The Hall–Kier alpha value is -1.23. The highest BCUT2D eigenvalue weighted by Gasteiger charge is 2.13. The Labute approximate surface area is 128 Å². The fourth-order valence-corrected chi connectivity index (χ4v) is 3.66. The molecule has 0 spiro atoms. The monoisotopic (exact) mass is 350 g/mol. The molecule has 4 heteroatoms. The van der Waals surface area contributed by atoms with Crippen LogP contribution in [0.1, 0.15) is 16.5 Å². The van der Waals surface area contributed by atoms with Gasteiger partial charge in [-0.15, -0.1) is 11.3 Å². The summed E-state index contributed by atoms with van der Waals surface area (Å²) in [5.74, 6) is -0.247. The van der Waals surface area contributed by atoms with Crippen LogP contribution in [0.4, 0.5) is 4.39 Å². The van der Waals surface area contributed by atoms with Crippen molar-refractivity contribution in [1.82, 2.24) is 0 Å². The molecule has 1 atom stereocenters. The van der Waals surface area contributed by atoms with Crippen molar-refractivity contribution >= 4 is 37.4 Å². The second-order valence-corrected chi connectivity index (χ2v) is 6.71. The lowest BCUT2D eigenvalue weighted by molar-refractivity contribution is 0.182. The maximum Gasteiger partial charge on any atom is 0.123 e. The first-order valence-electron chi connectivity index (χ1n) is 6.23. The van der Waals surface area contributed by atoms with Crippen LogP contribution in [0.5, 0.6) is 0 Å². The summed E-state index contributed by atoms with van der Waals surface area (Å²) in [5.41, 5.74) is 1.07. The first-order valence-corrected chi connectivity index (χ1v) is 7.84. The highest BCUT2D eigenvalue weighted by atomic mass is 79.9. The molecule has 1 heterocycles. The van der Waals surface area contributed by atoms with E-state index in [1.807, 2.05) is 30.3 Å². The van der Waals surface area contributed by atoms with E-state index >= 15 is 0 Å². The number of hydrogen-bond donors (Lipinski definition) is 1. The van der Waals surface area contributed by atoms with Gasteiger partial charge in [-0.25, -0.2) is 4.39 Å². The maximum absolute atomic E-state index is 13.2. The number of benzene rings is 2. The zero-order valence-corrected chi connectivity index (χ0v) is 12.9. The molecule has 20 heavy (non-hydrogen) atoms. The molecule has 0 radical (unpaired) electrons. The van der Waals surface area contributed by atoms with Crippen LogP contribution < -0.4 is 0 Å². The van der Waals surface area contributed by atoms with E-state index in [2.05, 4.69) is 15.9 Å². The minimum atomic E-state index is -0.565. The van der Waals surface area contributed by atoms with Crippen LogP contribution in [-0.2, 0) is 6.42 Å². The van der Waals surface area contributed by atoms with Gasteiger partial charge in [0.05, 0.1) is 6.10 Å². The van der Waals surface area contributed by atoms with Crippen molar-refractivity contribution in [3.05, 3.63) is 69.3 Å². The van der Waals surface area contributed by atoms with E-state index in [0.29, 0.717) is 6.42 Å². The van der Waals surface area contributed by atoms with Gasteiger partial charge >= 0.3 is 0 Å². The smallest absolute Gasteiger partial charge is 0.123 e. The average Bonchev–Trinajstić information content (AvgIpc) is 2.81. The van der Waals surface area contributed by atoms with Gasteiger partial charge < -0.3 is 5.11 Å². The van der Waals surface area contributed by atoms with Crippen LogP contribution in [0, 0.1) is 5.82 Å². The van der Waals surface area contributed by atoms with Crippen molar-refractivity contribution < 1.29 is 9.50 Å². The van der Waals surface area contributed by atoms with E-state index in [0.717, 1.165) is 25.0 Å². The lowest BCUT2D eigenvalue weighted by Gasteiger charge is -2.08. The van der Waals surface area contributed by atoms with Crippen LogP contribution in [0.25, 0.3) is 10.1 Å². The number of fused-ring (bicyclic) bond motifs is 1. The standard InChI is InChI=1S/C16H12BrFOS/c17-12-3-1-2-10(6-12)7-14(19)16-9-11-8-13(18)4-5-15(11)20-16/h1-6,8-9,14,19H,7H2. The van der Waals surface area contributed by atoms with Crippen molar-refractivity contribution in [2.45, 2.75) is 12.5 Å². The van der Waals surface area contributed by atoms with E-state index < -0.39 is 6.10 Å². The second-order valence-electron chi connectivity index (χ2n) is 4.68. The van der Waals surface area contributed by atoms with Gasteiger partial charge in [0.2, 0.25) is 0 Å². The summed E-state index contributed by atoms with van der Waals surface area (Å²) < 4.78 is 15.2. The molecule has 0 saturated heterocycles. The Morgan fingerprint density at radius 1 is 1.15 bits per heavy atom. The van der Waals surface area contributed by atoms with Crippen molar-refractivity contribution in [2.75, 3.05) is 0 Å². The third-order valence-electron chi connectivity index (χ3n) is 3.14. The van der Waals surface area contributed by atoms with Crippen molar-refractivity contribution in [1.29, 1.82) is 0 Å². The molecule has 2 aromatic carbocycles. The first kappa shape index (κ1) is 13.7. The molecule has 0 bridgehead atoms. The number of thiophene rings is 1. The van der Waals surface area contributed by atoms with Gasteiger partial charge in [0, 0.05) is 20.5 Å². The summed E-state index contributed by atoms with van der Waals surface area (Å²) in [7, 11) is 0. The fourth-order valence-electron chi connectivity index (χ4n) is 2.19. The lowest BCUT2D eigenvalue weighted by atomic mass is 10.1. The molecule has 1 unspecified atom stereocenters. The number of halogens is 2. The van der Waals surface area contributed by atoms with Crippen LogP contribution in [0.2, 0.25) is 0 Å². The van der Waals surface area contributed by atoms with Crippen LogP contribution in [0.3, 0.4) is 0 Å². The maximum atomic E-state index is 13.2. The molecule has 1 nitrogen and oxygen atoms in total. The summed E-state index contributed by atoms with van der Waals surface area (Å²) in [4.78, 5) is 0.866. The normalized spacial score (nSPS) is 12.8. The Balaban J connectivity index is 1.86. The second kappa shape index (κ2) is 5.64. The molecule has 1 N–H and O–H groups in total. The predicted molar refractivity (Wildman–Crippen MR) is 84.6 cm³/mol. The van der Waals surface area contributed by atoms with E-state index in [-0.39, 0.29) is 5.82 Å². The van der Waals surface area contributed by atoms with E-state index in [1.54, 1.807) is 6.07 Å².